The van der Waals surface area contributed by atoms with Gasteiger partial charge in [0.1, 0.15) is 11.5 Å². The van der Waals surface area contributed by atoms with Crippen molar-refractivity contribution in [1.82, 2.24) is 0 Å². The van der Waals surface area contributed by atoms with E-state index in [0.717, 1.165) is 5.56 Å². The fourth-order valence-electron chi connectivity index (χ4n) is 1.36. The van der Waals surface area contributed by atoms with E-state index in [0.29, 0.717) is 5.75 Å². The van der Waals surface area contributed by atoms with E-state index in [9.17, 15) is 9.90 Å². The quantitative estimate of drug-likeness (QED) is 0.609. The minimum absolute atomic E-state index is 0.112. The van der Waals surface area contributed by atoms with Gasteiger partial charge in [0, 0.05) is 11.6 Å². The summed E-state index contributed by atoms with van der Waals surface area (Å²) in [5, 5.41) is 9.28. The van der Waals surface area contributed by atoms with Crippen LogP contribution >= 0.6 is 0 Å². The van der Waals surface area contributed by atoms with Crippen LogP contribution in [0.1, 0.15) is 19.4 Å². The second-order valence-electron chi connectivity index (χ2n) is 3.65. The third-order valence-electron chi connectivity index (χ3n) is 2.17. The molecular formula is C11H13NO3. The summed E-state index contributed by atoms with van der Waals surface area (Å²) in [6, 6.07) is 4.69. The Balaban J connectivity index is 3.30. The summed E-state index contributed by atoms with van der Waals surface area (Å²) in [5.74, 6) is 0.612. The molecule has 0 spiro atoms. The third-order valence-corrected chi connectivity index (χ3v) is 2.17. The highest BCUT2D eigenvalue weighted by Crippen LogP contribution is 2.34. The molecule has 0 amide bonds. The molecule has 0 saturated carbocycles. The van der Waals surface area contributed by atoms with Crippen LogP contribution in [0.5, 0.6) is 11.5 Å². The first-order chi connectivity index (χ1) is 7.01. The summed E-state index contributed by atoms with van der Waals surface area (Å²) >= 11 is 0. The van der Waals surface area contributed by atoms with Crippen molar-refractivity contribution in [3.05, 3.63) is 23.8 Å². The van der Waals surface area contributed by atoms with Crippen LogP contribution in [0.4, 0.5) is 0 Å². The summed E-state index contributed by atoms with van der Waals surface area (Å²) < 4.78 is 5.11. The van der Waals surface area contributed by atoms with E-state index in [2.05, 4.69) is 4.99 Å². The molecule has 0 unspecified atom stereocenters. The number of phenolic OH excluding ortho intramolecular Hbond substituents is 1. The topological polar surface area (TPSA) is 58.9 Å². The van der Waals surface area contributed by atoms with E-state index in [4.69, 9.17) is 4.74 Å². The first-order valence-corrected chi connectivity index (χ1v) is 4.48. The molecule has 0 bridgehead atoms. The van der Waals surface area contributed by atoms with Gasteiger partial charge in [-0.1, -0.05) is 0 Å². The van der Waals surface area contributed by atoms with Gasteiger partial charge < -0.3 is 9.84 Å². The maximum Gasteiger partial charge on any atom is 0.235 e. The zero-order valence-electron chi connectivity index (χ0n) is 8.94. The minimum atomic E-state index is -0.708. The fourth-order valence-corrected chi connectivity index (χ4v) is 1.36. The first-order valence-electron chi connectivity index (χ1n) is 4.48. The summed E-state index contributed by atoms with van der Waals surface area (Å²) in [6.45, 7) is 3.54. The standard InChI is InChI=1S/C11H13NO3/c1-11(2,12-7-13)9-5-4-8(14)6-10(9)15-3/h4-6,14H,1-3H3. The summed E-state index contributed by atoms with van der Waals surface area (Å²) in [6.07, 6.45) is 1.53. The van der Waals surface area contributed by atoms with Gasteiger partial charge in [0.25, 0.3) is 0 Å². The molecule has 15 heavy (non-hydrogen) atoms. The molecule has 0 atom stereocenters. The van der Waals surface area contributed by atoms with Gasteiger partial charge >= 0.3 is 0 Å². The lowest BCUT2D eigenvalue weighted by Gasteiger charge is -2.20. The number of hydrogen-bond acceptors (Lipinski definition) is 4. The lowest BCUT2D eigenvalue weighted by Crippen LogP contribution is -2.14. The molecule has 0 radical (unpaired) electrons. The minimum Gasteiger partial charge on any atom is -0.508 e. The van der Waals surface area contributed by atoms with Crippen molar-refractivity contribution < 1.29 is 14.6 Å². The van der Waals surface area contributed by atoms with Crippen LogP contribution < -0.4 is 4.74 Å². The number of methoxy groups -OCH3 is 1. The smallest absolute Gasteiger partial charge is 0.235 e. The Hall–Kier alpha value is -1.80. The number of nitrogens with zero attached hydrogens (tertiary/aromatic N) is 1. The third kappa shape index (κ3) is 2.36. The van der Waals surface area contributed by atoms with Crippen LogP contribution in [0.3, 0.4) is 0 Å². The van der Waals surface area contributed by atoms with Crippen molar-refractivity contribution in [1.29, 1.82) is 0 Å². The molecule has 0 aliphatic heterocycles. The number of rotatable bonds is 3. The second kappa shape index (κ2) is 4.15. The molecule has 1 aromatic carbocycles. The number of phenols is 1. The Morgan fingerprint density at radius 2 is 2.13 bits per heavy atom. The fraction of sp³-hybridized carbons (Fsp3) is 0.364. The average molecular weight is 207 g/mol. The highest BCUT2D eigenvalue weighted by Gasteiger charge is 2.23. The Kier molecular flexibility index (Phi) is 3.12. The molecule has 4 nitrogen and oxygen atoms in total. The number of aliphatic imine (C=N–C) groups is 1. The van der Waals surface area contributed by atoms with Crippen LogP contribution in [-0.2, 0) is 10.3 Å². The van der Waals surface area contributed by atoms with Crippen molar-refractivity contribution in [2.45, 2.75) is 19.4 Å². The Morgan fingerprint density at radius 3 is 2.67 bits per heavy atom. The summed E-state index contributed by atoms with van der Waals surface area (Å²) in [7, 11) is 1.50. The van der Waals surface area contributed by atoms with Crippen LogP contribution in [0.15, 0.2) is 23.2 Å². The van der Waals surface area contributed by atoms with E-state index in [1.165, 1.54) is 25.3 Å². The molecule has 4 heteroatoms. The second-order valence-corrected chi connectivity index (χ2v) is 3.65. The van der Waals surface area contributed by atoms with Gasteiger partial charge in [-0.3, -0.25) is 0 Å². The molecule has 0 saturated heterocycles. The van der Waals surface area contributed by atoms with Crippen LogP contribution in [0, 0.1) is 0 Å². The van der Waals surface area contributed by atoms with Gasteiger partial charge in [-0.15, -0.1) is 0 Å². The molecule has 1 rings (SSSR count). The Labute approximate surface area is 88.2 Å². The maximum atomic E-state index is 10.3. The zero-order chi connectivity index (χ0) is 11.5. The zero-order valence-corrected chi connectivity index (χ0v) is 8.94. The van der Waals surface area contributed by atoms with E-state index < -0.39 is 5.54 Å². The SMILES string of the molecule is COc1cc(O)ccc1C(C)(C)N=C=O. The monoisotopic (exact) mass is 207 g/mol. The van der Waals surface area contributed by atoms with Crippen LogP contribution in [0.25, 0.3) is 0 Å². The van der Waals surface area contributed by atoms with Gasteiger partial charge in [0.2, 0.25) is 6.08 Å². The van der Waals surface area contributed by atoms with Gasteiger partial charge in [0.05, 0.1) is 12.6 Å². The predicted molar refractivity (Wildman–Crippen MR) is 55.8 cm³/mol. The van der Waals surface area contributed by atoms with Crippen molar-refractivity contribution in [2.24, 2.45) is 4.99 Å². The molecule has 0 fully saturated rings. The van der Waals surface area contributed by atoms with Crippen molar-refractivity contribution in [3.8, 4) is 11.5 Å². The average Bonchev–Trinajstić information content (AvgIpc) is 2.17. The Bertz CT molecular complexity index is 406. The lowest BCUT2D eigenvalue weighted by atomic mass is 9.94. The number of hydrogen-bond donors (Lipinski definition) is 1. The maximum absolute atomic E-state index is 10.3. The van der Waals surface area contributed by atoms with Crippen molar-refractivity contribution >= 4 is 6.08 Å². The van der Waals surface area contributed by atoms with E-state index in [1.807, 2.05) is 0 Å². The molecular weight excluding hydrogens is 194 g/mol. The Morgan fingerprint density at radius 1 is 1.47 bits per heavy atom. The van der Waals surface area contributed by atoms with Gasteiger partial charge in [0.15, 0.2) is 0 Å². The van der Waals surface area contributed by atoms with E-state index in [1.54, 1.807) is 19.9 Å². The summed E-state index contributed by atoms with van der Waals surface area (Å²) in [5.41, 5.74) is 0.0204. The highest BCUT2D eigenvalue weighted by atomic mass is 16.5. The molecule has 1 aromatic rings. The van der Waals surface area contributed by atoms with Gasteiger partial charge in [-0.2, -0.15) is 4.99 Å². The van der Waals surface area contributed by atoms with E-state index >= 15 is 0 Å². The number of carbonyl (C=O) groups excluding carboxylic acids is 1. The number of benzene rings is 1. The summed E-state index contributed by atoms with van der Waals surface area (Å²) in [4.78, 5) is 14.0. The molecule has 0 aliphatic carbocycles. The molecule has 1 N–H and O–H groups in total. The lowest BCUT2D eigenvalue weighted by molar-refractivity contribution is 0.388. The van der Waals surface area contributed by atoms with Crippen molar-refractivity contribution in [3.63, 3.8) is 0 Å². The normalized spacial score (nSPS) is 10.6. The molecule has 0 aromatic heterocycles. The number of isocyanates is 1. The predicted octanol–water partition coefficient (Wildman–Crippen LogP) is 1.97. The van der Waals surface area contributed by atoms with Gasteiger partial charge in [-0.25, -0.2) is 4.79 Å². The van der Waals surface area contributed by atoms with E-state index in [-0.39, 0.29) is 5.75 Å². The number of aromatic hydroxyl groups is 1. The highest BCUT2D eigenvalue weighted by molar-refractivity contribution is 5.46. The van der Waals surface area contributed by atoms with Crippen molar-refractivity contribution in [2.75, 3.05) is 7.11 Å². The van der Waals surface area contributed by atoms with Crippen LogP contribution in [-0.4, -0.2) is 18.3 Å². The van der Waals surface area contributed by atoms with Gasteiger partial charge in [-0.05, 0) is 26.0 Å². The molecule has 80 valence electrons. The molecule has 0 aliphatic rings. The first kappa shape index (κ1) is 11.3. The number of ether oxygens (including phenoxy) is 1. The largest absolute Gasteiger partial charge is 0.508 e. The van der Waals surface area contributed by atoms with Crippen LogP contribution in [0.2, 0.25) is 0 Å². The molecule has 0 heterocycles.